The lowest BCUT2D eigenvalue weighted by atomic mass is 10.0. The Morgan fingerprint density at radius 3 is 2.38 bits per heavy atom. The molecule has 0 radical (unpaired) electrons. The summed E-state index contributed by atoms with van der Waals surface area (Å²) in [6.07, 6.45) is 0.337. The van der Waals surface area contributed by atoms with Gasteiger partial charge in [0.05, 0.1) is 11.4 Å². The Labute approximate surface area is 125 Å². The first kappa shape index (κ1) is 15.3. The molecule has 0 spiro atoms. The molecule has 1 aromatic heterocycles. The molecule has 112 valence electrons. The van der Waals surface area contributed by atoms with Crippen molar-refractivity contribution in [2.24, 2.45) is 0 Å². The van der Waals surface area contributed by atoms with Crippen molar-refractivity contribution in [3.8, 4) is 0 Å². The Morgan fingerprint density at radius 1 is 1.19 bits per heavy atom. The highest BCUT2D eigenvalue weighted by molar-refractivity contribution is 5.71. The van der Waals surface area contributed by atoms with Gasteiger partial charge in [-0.25, -0.2) is 4.79 Å². The minimum Gasteiger partial charge on any atom is -0.442 e. The van der Waals surface area contributed by atoms with E-state index in [1.807, 2.05) is 52.8 Å². The van der Waals surface area contributed by atoms with Crippen molar-refractivity contribution in [1.29, 1.82) is 0 Å². The van der Waals surface area contributed by atoms with Crippen LogP contribution < -0.4 is 0 Å². The van der Waals surface area contributed by atoms with Crippen molar-refractivity contribution in [1.82, 2.24) is 9.78 Å². The fourth-order valence-electron chi connectivity index (χ4n) is 2.21. The number of ether oxygens (including phenoxy) is 1. The van der Waals surface area contributed by atoms with Crippen LogP contribution in [0.1, 0.15) is 43.3 Å². The summed E-state index contributed by atoms with van der Waals surface area (Å²) in [7, 11) is 0. The second-order valence-electron chi connectivity index (χ2n) is 6.20. The number of nitrogens with zero attached hydrogens (tertiary/aromatic N) is 2. The first-order chi connectivity index (χ1) is 9.78. The molecule has 0 aliphatic rings. The van der Waals surface area contributed by atoms with Crippen LogP contribution in [0.4, 0.5) is 4.79 Å². The average molecular weight is 286 g/mol. The first-order valence-electron chi connectivity index (χ1n) is 7.10. The molecule has 0 unspecified atom stereocenters. The van der Waals surface area contributed by atoms with Gasteiger partial charge in [-0.2, -0.15) is 9.78 Å². The first-order valence-corrected chi connectivity index (χ1v) is 7.10. The van der Waals surface area contributed by atoms with Gasteiger partial charge < -0.3 is 4.74 Å². The van der Waals surface area contributed by atoms with Gasteiger partial charge in [-0.05, 0) is 40.2 Å². The summed E-state index contributed by atoms with van der Waals surface area (Å²) >= 11 is 0. The second-order valence-corrected chi connectivity index (χ2v) is 6.20. The molecule has 1 aromatic carbocycles. The molecular weight excluding hydrogens is 264 g/mol. The van der Waals surface area contributed by atoms with Crippen molar-refractivity contribution < 1.29 is 9.53 Å². The number of aromatic nitrogens is 2. The third-order valence-corrected chi connectivity index (χ3v) is 3.23. The molecule has 2 aromatic rings. The van der Waals surface area contributed by atoms with Gasteiger partial charge in [-0.3, -0.25) is 0 Å². The van der Waals surface area contributed by atoms with E-state index in [2.05, 4.69) is 17.2 Å². The van der Waals surface area contributed by atoms with Gasteiger partial charge in [-0.15, -0.1) is 0 Å². The smallest absolute Gasteiger partial charge is 0.435 e. The van der Waals surface area contributed by atoms with E-state index < -0.39 is 11.7 Å². The normalized spacial score (nSPS) is 11.5. The van der Waals surface area contributed by atoms with Crippen molar-refractivity contribution >= 4 is 6.09 Å². The van der Waals surface area contributed by atoms with Gasteiger partial charge in [0.15, 0.2) is 0 Å². The highest BCUT2D eigenvalue weighted by Crippen LogP contribution is 2.19. The van der Waals surface area contributed by atoms with Gasteiger partial charge in [0.25, 0.3) is 0 Å². The van der Waals surface area contributed by atoms with Crippen molar-refractivity contribution in [3.05, 3.63) is 52.8 Å². The van der Waals surface area contributed by atoms with Crippen molar-refractivity contribution in [2.75, 3.05) is 0 Å². The van der Waals surface area contributed by atoms with Crippen LogP contribution in [-0.4, -0.2) is 21.5 Å². The van der Waals surface area contributed by atoms with Crippen LogP contribution in [0.3, 0.4) is 0 Å². The largest absolute Gasteiger partial charge is 0.442 e. The van der Waals surface area contributed by atoms with Crippen LogP contribution in [-0.2, 0) is 11.2 Å². The summed E-state index contributed by atoms with van der Waals surface area (Å²) in [5, 5.41) is 4.33. The second kappa shape index (κ2) is 5.72. The monoisotopic (exact) mass is 286 g/mol. The Kier molecular flexibility index (Phi) is 4.16. The van der Waals surface area contributed by atoms with Gasteiger partial charge >= 0.3 is 6.09 Å². The van der Waals surface area contributed by atoms with E-state index >= 15 is 0 Å². The highest BCUT2D eigenvalue weighted by Gasteiger charge is 2.22. The Balaban J connectivity index is 2.28. The Morgan fingerprint density at radius 2 is 1.81 bits per heavy atom. The van der Waals surface area contributed by atoms with Gasteiger partial charge in [-0.1, -0.05) is 30.3 Å². The zero-order valence-corrected chi connectivity index (χ0v) is 13.3. The van der Waals surface area contributed by atoms with E-state index in [-0.39, 0.29) is 0 Å². The zero-order chi connectivity index (χ0) is 15.6. The van der Waals surface area contributed by atoms with E-state index in [9.17, 15) is 4.79 Å². The van der Waals surface area contributed by atoms with Crippen LogP contribution in [0.25, 0.3) is 0 Å². The summed E-state index contributed by atoms with van der Waals surface area (Å²) in [4.78, 5) is 12.2. The molecule has 0 fully saturated rings. The quantitative estimate of drug-likeness (QED) is 0.841. The minimum atomic E-state index is -0.525. The van der Waals surface area contributed by atoms with E-state index in [1.54, 1.807) is 0 Å². The predicted octanol–water partition coefficient (Wildman–Crippen LogP) is 3.87. The van der Waals surface area contributed by atoms with E-state index in [1.165, 1.54) is 10.2 Å². The third kappa shape index (κ3) is 3.72. The molecule has 4 heteroatoms. The lowest BCUT2D eigenvalue weighted by Gasteiger charge is -2.19. The molecule has 0 bridgehead atoms. The number of benzene rings is 1. The Hall–Kier alpha value is -2.10. The molecule has 0 aliphatic heterocycles. The van der Waals surface area contributed by atoms with Crippen LogP contribution in [0.2, 0.25) is 0 Å². The van der Waals surface area contributed by atoms with Crippen LogP contribution in [0.15, 0.2) is 30.3 Å². The topological polar surface area (TPSA) is 44.1 Å². The standard InChI is InChI=1S/C17H22N2O2/c1-12-15(11-14-9-7-6-8-10-14)13(2)19(18-12)16(20)21-17(3,4)5/h6-10H,11H2,1-5H3. The van der Waals surface area contributed by atoms with Gasteiger partial charge in [0.1, 0.15) is 5.60 Å². The summed E-state index contributed by atoms with van der Waals surface area (Å²) < 4.78 is 6.74. The van der Waals surface area contributed by atoms with Gasteiger partial charge in [0.2, 0.25) is 0 Å². The lowest BCUT2D eigenvalue weighted by Crippen LogP contribution is -2.28. The van der Waals surface area contributed by atoms with Crippen molar-refractivity contribution in [3.63, 3.8) is 0 Å². The molecule has 0 saturated carbocycles. The van der Waals surface area contributed by atoms with Crippen molar-refractivity contribution in [2.45, 2.75) is 46.6 Å². The summed E-state index contributed by atoms with van der Waals surface area (Å²) in [6.45, 7) is 9.37. The molecular formula is C17H22N2O2. The number of carbonyl (C=O) groups is 1. The number of aryl methyl sites for hydroxylation is 1. The number of hydrogen-bond acceptors (Lipinski definition) is 3. The van der Waals surface area contributed by atoms with E-state index in [4.69, 9.17) is 4.74 Å². The van der Waals surface area contributed by atoms with E-state index in [0.717, 1.165) is 23.4 Å². The average Bonchev–Trinajstić information content (AvgIpc) is 2.66. The van der Waals surface area contributed by atoms with E-state index in [0.29, 0.717) is 0 Å². The van der Waals surface area contributed by atoms with Crippen LogP contribution in [0, 0.1) is 13.8 Å². The summed E-state index contributed by atoms with van der Waals surface area (Å²) in [5.74, 6) is 0. The molecule has 0 N–H and O–H groups in total. The molecule has 0 atom stereocenters. The van der Waals surface area contributed by atoms with Crippen LogP contribution >= 0.6 is 0 Å². The number of rotatable bonds is 2. The van der Waals surface area contributed by atoms with Crippen LogP contribution in [0.5, 0.6) is 0 Å². The molecule has 2 rings (SSSR count). The summed E-state index contributed by atoms with van der Waals surface area (Å²) in [5.41, 5.74) is 3.45. The zero-order valence-electron chi connectivity index (χ0n) is 13.3. The predicted molar refractivity (Wildman–Crippen MR) is 82.6 cm³/mol. The number of carbonyl (C=O) groups excluding carboxylic acids is 1. The maximum atomic E-state index is 12.2. The maximum Gasteiger partial charge on any atom is 0.435 e. The molecule has 4 nitrogen and oxygen atoms in total. The minimum absolute atomic E-state index is 0.428. The molecule has 1 heterocycles. The molecule has 0 aliphatic carbocycles. The fraction of sp³-hybridized carbons (Fsp3) is 0.412. The number of hydrogen-bond donors (Lipinski definition) is 0. The maximum absolute atomic E-state index is 12.2. The summed E-state index contributed by atoms with van der Waals surface area (Å²) in [6, 6.07) is 10.2. The Bertz CT molecular complexity index is 637. The molecule has 0 saturated heterocycles. The SMILES string of the molecule is Cc1nn(C(=O)OC(C)(C)C)c(C)c1Cc1ccccc1. The third-order valence-electron chi connectivity index (χ3n) is 3.23. The fourth-order valence-corrected chi connectivity index (χ4v) is 2.21. The molecule has 21 heavy (non-hydrogen) atoms. The highest BCUT2D eigenvalue weighted by atomic mass is 16.6. The lowest BCUT2D eigenvalue weighted by molar-refractivity contribution is 0.0510. The van der Waals surface area contributed by atoms with Gasteiger partial charge in [0, 0.05) is 12.0 Å². The molecule has 0 amide bonds.